The second-order valence-electron chi connectivity index (χ2n) is 10.2. The van der Waals surface area contributed by atoms with Gasteiger partial charge in [-0.2, -0.15) is 0 Å². The minimum Gasteiger partial charge on any atom is -0.493 e. The lowest BCUT2D eigenvalue weighted by molar-refractivity contribution is -0.121. The number of nitrogens with one attached hydrogen (secondary N) is 3. The summed E-state index contributed by atoms with van der Waals surface area (Å²) in [7, 11) is 4.69. The summed E-state index contributed by atoms with van der Waals surface area (Å²) in [5, 5.41) is 9.10. The lowest BCUT2D eigenvalue weighted by atomic mass is 9.95. The number of aryl methyl sites for hydroxylation is 1. The van der Waals surface area contributed by atoms with Gasteiger partial charge in [0.15, 0.2) is 11.5 Å². The van der Waals surface area contributed by atoms with Gasteiger partial charge in [-0.25, -0.2) is 0 Å². The van der Waals surface area contributed by atoms with Gasteiger partial charge in [-0.05, 0) is 74.4 Å². The van der Waals surface area contributed by atoms with Crippen molar-refractivity contribution in [3.05, 3.63) is 45.6 Å². The average molecular weight is 570 g/mol. The molecule has 1 aliphatic carbocycles. The molecule has 0 radical (unpaired) electrons. The topological polar surface area (TPSA) is 124 Å². The Morgan fingerprint density at radius 3 is 2.41 bits per heavy atom. The van der Waals surface area contributed by atoms with Crippen LogP contribution in [-0.4, -0.2) is 58.9 Å². The second kappa shape index (κ2) is 15.3. The Kier molecular flexibility index (Phi) is 11.8. The van der Waals surface area contributed by atoms with E-state index in [4.69, 9.17) is 18.9 Å². The van der Waals surface area contributed by atoms with E-state index < -0.39 is 0 Å². The molecule has 3 rings (SSSR count). The summed E-state index contributed by atoms with van der Waals surface area (Å²) < 4.78 is 22.5. The molecule has 10 heteroatoms. The molecule has 1 unspecified atom stereocenters. The first-order valence-electron chi connectivity index (χ1n) is 14.1. The van der Waals surface area contributed by atoms with E-state index in [2.05, 4.69) is 16.0 Å². The van der Waals surface area contributed by atoms with Gasteiger partial charge in [-0.1, -0.05) is 6.07 Å². The van der Waals surface area contributed by atoms with Gasteiger partial charge in [0.25, 0.3) is 0 Å². The van der Waals surface area contributed by atoms with Gasteiger partial charge in [0.2, 0.25) is 23.0 Å². The largest absolute Gasteiger partial charge is 0.493 e. The number of anilines is 1. The van der Waals surface area contributed by atoms with Gasteiger partial charge in [0.05, 0.1) is 39.2 Å². The number of benzene rings is 1. The Hall–Kier alpha value is -3.79. The molecule has 0 aliphatic heterocycles. The van der Waals surface area contributed by atoms with E-state index in [-0.39, 0.29) is 29.4 Å². The van der Waals surface area contributed by atoms with E-state index in [1.807, 2.05) is 26.0 Å². The number of hydrogen-bond donors (Lipinski definition) is 3. The van der Waals surface area contributed by atoms with Gasteiger partial charge < -0.3 is 34.9 Å². The number of hydrogen-bond acceptors (Lipinski definition) is 8. The molecule has 41 heavy (non-hydrogen) atoms. The van der Waals surface area contributed by atoms with Crippen molar-refractivity contribution >= 4 is 17.5 Å². The molecule has 1 aliphatic rings. The number of fused-ring (bicyclic) bond motifs is 3. The fraction of sp³-hybridized carbons (Fsp3) is 0.516. The highest BCUT2D eigenvalue weighted by Gasteiger charge is 2.29. The van der Waals surface area contributed by atoms with Crippen LogP contribution in [-0.2, 0) is 20.7 Å². The summed E-state index contributed by atoms with van der Waals surface area (Å²) in [5.41, 5.74) is 3.42. The Morgan fingerprint density at radius 1 is 1.00 bits per heavy atom. The molecule has 1 atom stereocenters. The van der Waals surface area contributed by atoms with Crippen LogP contribution in [0, 0.1) is 0 Å². The molecule has 0 saturated carbocycles. The summed E-state index contributed by atoms with van der Waals surface area (Å²) in [6.45, 7) is 7.06. The second-order valence-corrected chi connectivity index (χ2v) is 10.2. The molecule has 224 valence electrons. The van der Waals surface area contributed by atoms with Crippen molar-refractivity contribution in [2.24, 2.45) is 0 Å². The molecular weight excluding hydrogens is 526 g/mol. The maximum absolute atomic E-state index is 13.4. The number of rotatable bonds is 14. The van der Waals surface area contributed by atoms with Crippen molar-refractivity contribution in [3.8, 4) is 28.4 Å². The quantitative estimate of drug-likeness (QED) is 0.292. The van der Waals surface area contributed by atoms with E-state index in [1.165, 1.54) is 6.92 Å². The van der Waals surface area contributed by atoms with Crippen LogP contribution in [0.25, 0.3) is 11.1 Å². The maximum Gasteiger partial charge on any atom is 0.220 e. The zero-order valence-electron chi connectivity index (χ0n) is 25.0. The highest BCUT2D eigenvalue weighted by atomic mass is 16.5. The normalized spacial score (nSPS) is 13.9. The third-order valence-corrected chi connectivity index (χ3v) is 6.91. The molecule has 2 aromatic carbocycles. The SMILES string of the molecule is COc1cc2c(c(OC)c1OC)-c1ccc(NCCCC(=O)NCCCOC(C)C)c(=O)cc1C(NC(C)=O)CC2. The summed E-state index contributed by atoms with van der Waals surface area (Å²) >= 11 is 0. The molecule has 3 N–H and O–H groups in total. The van der Waals surface area contributed by atoms with Gasteiger partial charge in [0.1, 0.15) is 0 Å². The number of methoxy groups -OCH3 is 3. The van der Waals surface area contributed by atoms with Crippen molar-refractivity contribution in [3.63, 3.8) is 0 Å². The van der Waals surface area contributed by atoms with Crippen LogP contribution in [0.5, 0.6) is 17.2 Å². The zero-order valence-corrected chi connectivity index (χ0v) is 25.0. The Bertz CT molecular complexity index is 1280. The molecule has 0 spiro atoms. The molecule has 0 saturated heterocycles. The van der Waals surface area contributed by atoms with Crippen LogP contribution in [0.3, 0.4) is 0 Å². The fourth-order valence-corrected chi connectivity index (χ4v) is 5.03. The number of carbonyl (C=O) groups excluding carboxylic acids is 2. The monoisotopic (exact) mass is 569 g/mol. The van der Waals surface area contributed by atoms with Gasteiger partial charge in [-0.3, -0.25) is 14.4 Å². The number of amides is 2. The van der Waals surface area contributed by atoms with Crippen LogP contribution >= 0.6 is 0 Å². The summed E-state index contributed by atoms with van der Waals surface area (Å²) in [4.78, 5) is 37.6. The number of carbonyl (C=O) groups is 2. The van der Waals surface area contributed by atoms with Gasteiger partial charge >= 0.3 is 0 Å². The summed E-state index contributed by atoms with van der Waals surface area (Å²) in [5.74, 6) is 1.28. The summed E-state index contributed by atoms with van der Waals surface area (Å²) in [6, 6.07) is 6.74. The van der Waals surface area contributed by atoms with Crippen molar-refractivity contribution in [1.29, 1.82) is 0 Å². The van der Waals surface area contributed by atoms with E-state index in [1.54, 1.807) is 33.5 Å². The first kappa shape index (κ1) is 31.7. The minimum absolute atomic E-state index is 0.0322. The lowest BCUT2D eigenvalue weighted by Gasteiger charge is -2.19. The van der Waals surface area contributed by atoms with Crippen molar-refractivity contribution in [1.82, 2.24) is 10.6 Å². The third kappa shape index (κ3) is 8.36. The van der Waals surface area contributed by atoms with Gasteiger partial charge in [0, 0.05) is 38.6 Å². The molecule has 10 nitrogen and oxygen atoms in total. The molecular formula is C31H43N3O7. The fourth-order valence-electron chi connectivity index (χ4n) is 5.03. The molecule has 0 aromatic heterocycles. The van der Waals surface area contributed by atoms with Crippen molar-refractivity contribution < 1.29 is 28.5 Å². The lowest BCUT2D eigenvalue weighted by Crippen LogP contribution is -2.26. The van der Waals surface area contributed by atoms with E-state index in [0.717, 1.165) is 23.1 Å². The van der Waals surface area contributed by atoms with Crippen LogP contribution in [0.2, 0.25) is 0 Å². The molecule has 2 aromatic rings. The molecule has 0 heterocycles. The van der Waals surface area contributed by atoms with E-state index in [0.29, 0.717) is 73.9 Å². The smallest absolute Gasteiger partial charge is 0.220 e. The zero-order chi connectivity index (χ0) is 29.9. The van der Waals surface area contributed by atoms with Crippen LogP contribution in [0.1, 0.15) is 63.6 Å². The minimum atomic E-state index is -0.376. The molecule has 0 fully saturated rings. The van der Waals surface area contributed by atoms with Gasteiger partial charge in [-0.15, -0.1) is 0 Å². The summed E-state index contributed by atoms with van der Waals surface area (Å²) in [6.07, 6.45) is 3.06. The predicted octanol–water partition coefficient (Wildman–Crippen LogP) is 3.99. The van der Waals surface area contributed by atoms with E-state index >= 15 is 0 Å². The maximum atomic E-state index is 13.4. The van der Waals surface area contributed by atoms with Crippen LogP contribution in [0.4, 0.5) is 5.69 Å². The first-order chi connectivity index (χ1) is 19.7. The third-order valence-electron chi connectivity index (χ3n) is 6.91. The highest BCUT2D eigenvalue weighted by Crippen LogP contribution is 2.50. The Balaban J connectivity index is 1.85. The van der Waals surface area contributed by atoms with Crippen molar-refractivity contribution in [2.75, 3.05) is 46.3 Å². The Labute approximate surface area is 242 Å². The van der Waals surface area contributed by atoms with Crippen LogP contribution in [0.15, 0.2) is 29.1 Å². The van der Waals surface area contributed by atoms with Crippen LogP contribution < -0.4 is 35.6 Å². The molecule has 2 amide bonds. The first-order valence-corrected chi connectivity index (χ1v) is 14.1. The van der Waals surface area contributed by atoms with Crippen molar-refractivity contribution in [2.45, 2.75) is 65.0 Å². The average Bonchev–Trinajstić information content (AvgIpc) is 3.18. The number of ether oxygens (including phenoxy) is 4. The predicted molar refractivity (Wildman–Crippen MR) is 159 cm³/mol. The molecule has 0 bridgehead atoms. The standard InChI is InChI=1S/C31H43N3O7/c1-19(2)41-16-8-15-33-28(37)9-7-14-32-25-13-11-22-23(18-26(25)36)24(34-20(3)35)12-10-21-17-27(38-4)30(39-5)31(40-6)29(21)22/h11,13,17-19,24H,7-10,12,14-16H2,1-6H3,(H,32,36)(H,33,37)(H,34,35). The highest BCUT2D eigenvalue weighted by molar-refractivity contribution is 5.83. The Morgan fingerprint density at radius 2 is 1.76 bits per heavy atom. The van der Waals surface area contributed by atoms with E-state index in [9.17, 15) is 14.4 Å².